The van der Waals surface area contributed by atoms with Gasteiger partial charge in [-0.15, -0.1) is 0 Å². The van der Waals surface area contributed by atoms with Crippen LogP contribution in [-0.4, -0.2) is 34.4 Å². The van der Waals surface area contributed by atoms with Crippen LogP contribution in [0.5, 0.6) is 0 Å². The van der Waals surface area contributed by atoms with Gasteiger partial charge in [0.05, 0.1) is 11.2 Å². The molecule has 0 radical (unpaired) electrons. The first-order chi connectivity index (χ1) is 11.3. The van der Waals surface area contributed by atoms with E-state index in [-0.39, 0.29) is 5.28 Å². The Hall–Kier alpha value is -0.953. The number of nitrogens with zero attached hydrogens (tertiary/aromatic N) is 4. The minimum Gasteiger partial charge on any atom is -0.360 e. The van der Waals surface area contributed by atoms with Gasteiger partial charge < -0.3 is 4.74 Å². The normalized spacial score (nSPS) is 15.0. The van der Waals surface area contributed by atoms with Crippen molar-refractivity contribution in [3.05, 3.63) is 28.3 Å². The van der Waals surface area contributed by atoms with Gasteiger partial charge in [-0.05, 0) is 36.6 Å². The summed E-state index contributed by atoms with van der Waals surface area (Å²) in [7, 11) is -1.08. The molecule has 0 spiro atoms. The fraction of sp³-hybridized carbons (Fsp3) is 0.562. The smallest absolute Gasteiger partial charge is 0.223 e. The van der Waals surface area contributed by atoms with E-state index < -0.39 is 8.07 Å². The SMILES string of the molecule is C[Si](C)(C)CCOCn1nc(-c2nc(Cl)ncc2Cl)cc1C1CC1. The third kappa shape index (κ3) is 4.56. The van der Waals surface area contributed by atoms with E-state index in [1.54, 1.807) is 0 Å². The lowest BCUT2D eigenvalue weighted by Gasteiger charge is -2.15. The van der Waals surface area contributed by atoms with Crippen LogP contribution in [0.15, 0.2) is 12.3 Å². The monoisotopic (exact) mass is 384 g/mol. The van der Waals surface area contributed by atoms with Crippen molar-refractivity contribution in [2.45, 2.75) is 51.2 Å². The molecule has 1 aliphatic carbocycles. The maximum atomic E-state index is 6.20. The van der Waals surface area contributed by atoms with Crippen LogP contribution in [0, 0.1) is 0 Å². The highest BCUT2D eigenvalue weighted by Crippen LogP contribution is 2.41. The van der Waals surface area contributed by atoms with Crippen LogP contribution >= 0.6 is 23.2 Å². The Morgan fingerprint density at radius 2 is 2.04 bits per heavy atom. The fourth-order valence-electron chi connectivity index (χ4n) is 2.41. The molecule has 0 amide bonds. The molecule has 1 aliphatic rings. The number of ether oxygens (including phenoxy) is 1. The Labute approximate surface area is 153 Å². The molecular formula is C16H22Cl2N4OSi. The minimum absolute atomic E-state index is 0.170. The summed E-state index contributed by atoms with van der Waals surface area (Å²) in [6.45, 7) is 8.28. The van der Waals surface area contributed by atoms with Crippen LogP contribution in [0.3, 0.4) is 0 Å². The lowest BCUT2D eigenvalue weighted by molar-refractivity contribution is 0.0766. The first-order valence-electron chi connectivity index (χ1n) is 8.17. The summed E-state index contributed by atoms with van der Waals surface area (Å²) in [6.07, 6.45) is 3.89. The molecule has 1 fully saturated rings. The van der Waals surface area contributed by atoms with Crippen molar-refractivity contribution in [3.8, 4) is 11.4 Å². The van der Waals surface area contributed by atoms with Gasteiger partial charge in [0.25, 0.3) is 0 Å². The Balaban J connectivity index is 1.77. The standard InChI is InChI=1S/C16H22Cl2N4OSi/c1-24(2,3)7-6-23-10-22-14(11-4-5-11)8-13(21-22)15-12(17)9-19-16(18)20-15/h8-9,11H,4-7,10H2,1-3H3. The molecule has 0 N–H and O–H groups in total. The summed E-state index contributed by atoms with van der Waals surface area (Å²) in [5.74, 6) is 0.558. The molecule has 1 saturated carbocycles. The van der Waals surface area contributed by atoms with Gasteiger partial charge in [-0.2, -0.15) is 5.10 Å². The molecule has 0 aliphatic heterocycles. The molecule has 8 heteroatoms. The number of hydrogen-bond acceptors (Lipinski definition) is 4. The van der Waals surface area contributed by atoms with Crippen molar-refractivity contribution in [2.24, 2.45) is 0 Å². The van der Waals surface area contributed by atoms with E-state index in [0.717, 1.165) is 18.3 Å². The summed E-state index contributed by atoms with van der Waals surface area (Å²) in [6, 6.07) is 3.19. The number of rotatable bonds is 7. The molecule has 0 saturated heterocycles. The molecule has 0 atom stereocenters. The average Bonchev–Trinajstić information content (AvgIpc) is 3.26. The first kappa shape index (κ1) is 17.9. The molecule has 2 heterocycles. The fourth-order valence-corrected chi connectivity index (χ4v) is 3.49. The van der Waals surface area contributed by atoms with Crippen molar-refractivity contribution in [2.75, 3.05) is 6.61 Å². The predicted octanol–water partition coefficient (Wildman–Crippen LogP) is 4.84. The van der Waals surface area contributed by atoms with Gasteiger partial charge in [-0.3, -0.25) is 0 Å². The Bertz CT molecular complexity index is 725. The van der Waals surface area contributed by atoms with E-state index in [1.807, 2.05) is 10.7 Å². The zero-order chi connectivity index (χ0) is 17.3. The van der Waals surface area contributed by atoms with Crippen molar-refractivity contribution >= 4 is 31.3 Å². The predicted molar refractivity (Wildman–Crippen MR) is 99.4 cm³/mol. The molecule has 5 nitrogen and oxygen atoms in total. The van der Waals surface area contributed by atoms with E-state index in [9.17, 15) is 0 Å². The van der Waals surface area contributed by atoms with Gasteiger partial charge in [0.15, 0.2) is 0 Å². The molecule has 24 heavy (non-hydrogen) atoms. The summed E-state index contributed by atoms with van der Waals surface area (Å²) in [5.41, 5.74) is 2.48. The van der Waals surface area contributed by atoms with E-state index >= 15 is 0 Å². The Morgan fingerprint density at radius 3 is 2.71 bits per heavy atom. The van der Waals surface area contributed by atoms with Gasteiger partial charge in [0.2, 0.25) is 5.28 Å². The molecule has 2 aromatic heterocycles. The van der Waals surface area contributed by atoms with Crippen LogP contribution in [0.4, 0.5) is 0 Å². The van der Waals surface area contributed by atoms with Crippen molar-refractivity contribution < 1.29 is 4.74 Å². The van der Waals surface area contributed by atoms with Crippen molar-refractivity contribution in [1.29, 1.82) is 0 Å². The van der Waals surface area contributed by atoms with E-state index in [0.29, 0.717) is 23.4 Å². The maximum absolute atomic E-state index is 6.20. The Kier molecular flexibility index (Phi) is 5.29. The zero-order valence-electron chi connectivity index (χ0n) is 14.2. The van der Waals surface area contributed by atoms with Crippen LogP contribution in [0.2, 0.25) is 36.0 Å². The number of hydrogen-bond donors (Lipinski definition) is 0. The third-order valence-corrected chi connectivity index (χ3v) is 6.14. The summed E-state index contributed by atoms with van der Waals surface area (Å²) in [5, 5.41) is 5.27. The second-order valence-corrected chi connectivity index (χ2v) is 13.8. The number of halogens is 2. The molecule has 130 valence electrons. The lowest BCUT2D eigenvalue weighted by atomic mass is 10.2. The van der Waals surface area contributed by atoms with Gasteiger partial charge in [-0.1, -0.05) is 31.2 Å². The first-order valence-corrected chi connectivity index (χ1v) is 12.6. The van der Waals surface area contributed by atoms with E-state index in [2.05, 4.69) is 34.7 Å². The van der Waals surface area contributed by atoms with Crippen LogP contribution in [-0.2, 0) is 11.5 Å². The van der Waals surface area contributed by atoms with Crippen LogP contribution in [0.1, 0.15) is 24.5 Å². The van der Waals surface area contributed by atoms with Gasteiger partial charge >= 0.3 is 0 Å². The van der Waals surface area contributed by atoms with E-state index in [4.69, 9.17) is 27.9 Å². The summed E-state index contributed by atoms with van der Waals surface area (Å²) >= 11 is 12.1. The van der Waals surface area contributed by atoms with Gasteiger partial charge in [0.1, 0.15) is 18.1 Å². The maximum Gasteiger partial charge on any atom is 0.223 e. The third-order valence-electron chi connectivity index (χ3n) is 3.97. The Morgan fingerprint density at radius 1 is 1.29 bits per heavy atom. The van der Waals surface area contributed by atoms with Crippen molar-refractivity contribution in [3.63, 3.8) is 0 Å². The summed E-state index contributed by atoms with van der Waals surface area (Å²) < 4.78 is 7.79. The highest BCUT2D eigenvalue weighted by atomic mass is 35.5. The minimum atomic E-state index is -1.08. The van der Waals surface area contributed by atoms with Crippen LogP contribution < -0.4 is 0 Å². The molecule has 0 unspecified atom stereocenters. The van der Waals surface area contributed by atoms with Gasteiger partial charge in [-0.25, -0.2) is 14.6 Å². The molecule has 0 aromatic carbocycles. The lowest BCUT2D eigenvalue weighted by Crippen LogP contribution is -2.22. The molecular weight excluding hydrogens is 363 g/mol. The second-order valence-electron chi connectivity index (χ2n) is 7.41. The second kappa shape index (κ2) is 7.12. The van der Waals surface area contributed by atoms with Crippen LogP contribution in [0.25, 0.3) is 11.4 Å². The molecule has 2 aromatic rings. The topological polar surface area (TPSA) is 52.8 Å². The highest BCUT2D eigenvalue weighted by molar-refractivity contribution is 6.76. The van der Waals surface area contributed by atoms with E-state index in [1.165, 1.54) is 24.7 Å². The quantitative estimate of drug-likeness (QED) is 0.389. The number of aromatic nitrogens is 4. The summed E-state index contributed by atoms with van der Waals surface area (Å²) in [4.78, 5) is 8.11. The van der Waals surface area contributed by atoms with Crippen molar-refractivity contribution in [1.82, 2.24) is 19.7 Å². The molecule has 0 bridgehead atoms. The highest BCUT2D eigenvalue weighted by Gasteiger charge is 2.29. The molecule has 3 rings (SSSR count). The zero-order valence-corrected chi connectivity index (χ0v) is 16.7. The largest absolute Gasteiger partial charge is 0.360 e. The average molecular weight is 385 g/mol. The van der Waals surface area contributed by atoms with Gasteiger partial charge in [0, 0.05) is 26.3 Å².